The molecule has 72 valence electrons. The molecule has 1 aliphatic rings. The second kappa shape index (κ2) is 6.00. The van der Waals surface area contributed by atoms with Crippen LogP contribution in [0, 0.1) is 0 Å². The molecule has 0 aromatic heterocycles. The van der Waals surface area contributed by atoms with Crippen LogP contribution in [0.1, 0.15) is 33.1 Å². The van der Waals surface area contributed by atoms with Crippen molar-refractivity contribution < 1.29 is 14.8 Å². The maximum atomic E-state index is 8.89. The van der Waals surface area contributed by atoms with Gasteiger partial charge < -0.3 is 14.8 Å². The summed E-state index contributed by atoms with van der Waals surface area (Å²) in [4.78, 5) is 10.6. The molecule has 1 rings (SSSR count). The molecule has 12 heavy (non-hydrogen) atoms. The van der Waals surface area contributed by atoms with Crippen molar-refractivity contribution in [3.05, 3.63) is 0 Å². The van der Waals surface area contributed by atoms with Gasteiger partial charge in [-0.25, -0.2) is 0 Å². The molecule has 3 nitrogen and oxygen atoms in total. The van der Waals surface area contributed by atoms with Gasteiger partial charge in [0, 0.05) is 18.8 Å². The number of quaternary nitrogens is 1. The van der Waals surface area contributed by atoms with E-state index in [1.165, 1.54) is 25.8 Å². The fourth-order valence-corrected chi connectivity index (χ4v) is 1.63. The van der Waals surface area contributed by atoms with E-state index in [1.807, 2.05) is 0 Å². The minimum atomic E-state index is -1.08. The summed E-state index contributed by atoms with van der Waals surface area (Å²) in [5.74, 6) is -1.08. The molecule has 0 aromatic rings. The molecule has 1 N–H and O–H groups in total. The SMILES string of the molecule is CC(=O)[O-].CCC1CCC[NH+]1C. The Bertz CT molecular complexity index is 132. The van der Waals surface area contributed by atoms with Crippen molar-refractivity contribution in [2.45, 2.75) is 39.2 Å². The first-order valence-corrected chi connectivity index (χ1v) is 4.57. The summed E-state index contributed by atoms with van der Waals surface area (Å²) in [6, 6.07) is 0.981. The molecule has 2 unspecified atom stereocenters. The van der Waals surface area contributed by atoms with Crippen LogP contribution in [0.5, 0.6) is 0 Å². The number of aliphatic carboxylic acids is 1. The zero-order valence-corrected chi connectivity index (χ0v) is 8.22. The number of hydrogen-bond acceptors (Lipinski definition) is 2. The second-order valence-corrected chi connectivity index (χ2v) is 3.34. The van der Waals surface area contributed by atoms with Crippen LogP contribution < -0.4 is 10.0 Å². The van der Waals surface area contributed by atoms with E-state index in [9.17, 15) is 0 Å². The Morgan fingerprint density at radius 2 is 2.17 bits per heavy atom. The molecular weight excluding hydrogens is 154 g/mol. The number of likely N-dealkylation sites (tertiary alicyclic amines) is 1. The van der Waals surface area contributed by atoms with Gasteiger partial charge in [-0.15, -0.1) is 0 Å². The first kappa shape index (κ1) is 11.4. The fourth-order valence-electron chi connectivity index (χ4n) is 1.63. The smallest absolute Gasteiger partial charge is 0.0872 e. The minimum absolute atomic E-state index is 0.972. The van der Waals surface area contributed by atoms with Gasteiger partial charge in [-0.1, -0.05) is 6.92 Å². The van der Waals surface area contributed by atoms with E-state index in [0.29, 0.717) is 0 Å². The third kappa shape index (κ3) is 5.13. The van der Waals surface area contributed by atoms with Gasteiger partial charge in [0.05, 0.1) is 19.6 Å². The zero-order chi connectivity index (χ0) is 9.56. The number of nitrogens with one attached hydrogen (secondary N) is 1. The van der Waals surface area contributed by atoms with Crippen LogP contribution in [0.4, 0.5) is 0 Å². The van der Waals surface area contributed by atoms with Crippen molar-refractivity contribution in [1.29, 1.82) is 0 Å². The second-order valence-electron chi connectivity index (χ2n) is 3.34. The molecule has 0 aliphatic carbocycles. The maximum Gasteiger partial charge on any atom is 0.0872 e. The molecule has 0 saturated carbocycles. The minimum Gasteiger partial charge on any atom is -0.550 e. The topological polar surface area (TPSA) is 44.6 Å². The molecule has 1 heterocycles. The van der Waals surface area contributed by atoms with Gasteiger partial charge in [-0.05, 0) is 13.3 Å². The number of carbonyl (C=O) groups is 1. The highest BCUT2D eigenvalue weighted by atomic mass is 16.4. The van der Waals surface area contributed by atoms with Crippen LogP contribution in [-0.2, 0) is 4.79 Å². The average molecular weight is 173 g/mol. The molecule has 3 heteroatoms. The maximum absolute atomic E-state index is 8.89. The number of carboxylic acid groups (broad SMARTS) is 1. The van der Waals surface area contributed by atoms with E-state index >= 15 is 0 Å². The van der Waals surface area contributed by atoms with E-state index in [-0.39, 0.29) is 0 Å². The van der Waals surface area contributed by atoms with E-state index < -0.39 is 5.97 Å². The van der Waals surface area contributed by atoms with Crippen LogP contribution >= 0.6 is 0 Å². The van der Waals surface area contributed by atoms with Gasteiger partial charge in [0.25, 0.3) is 0 Å². The number of hydrogen-bond donors (Lipinski definition) is 1. The molecule has 0 spiro atoms. The van der Waals surface area contributed by atoms with Gasteiger partial charge in [0.15, 0.2) is 0 Å². The molecule has 2 atom stereocenters. The Morgan fingerprint density at radius 1 is 1.67 bits per heavy atom. The number of rotatable bonds is 1. The normalized spacial score (nSPS) is 27.6. The van der Waals surface area contributed by atoms with Crippen molar-refractivity contribution in [2.75, 3.05) is 13.6 Å². The highest BCUT2D eigenvalue weighted by Gasteiger charge is 2.21. The highest BCUT2D eigenvalue weighted by Crippen LogP contribution is 2.01. The van der Waals surface area contributed by atoms with E-state index in [2.05, 4.69) is 14.0 Å². The molecule has 0 amide bonds. The summed E-state index contributed by atoms with van der Waals surface area (Å²) < 4.78 is 0. The molecule has 1 saturated heterocycles. The lowest BCUT2D eigenvalue weighted by molar-refractivity contribution is -0.892. The van der Waals surface area contributed by atoms with Crippen molar-refractivity contribution in [3.8, 4) is 0 Å². The lowest BCUT2D eigenvalue weighted by Crippen LogP contribution is -3.10. The van der Waals surface area contributed by atoms with Crippen molar-refractivity contribution in [2.24, 2.45) is 0 Å². The van der Waals surface area contributed by atoms with E-state index in [4.69, 9.17) is 9.90 Å². The lowest BCUT2D eigenvalue weighted by atomic mass is 10.2. The largest absolute Gasteiger partial charge is 0.550 e. The van der Waals surface area contributed by atoms with Crippen LogP contribution in [0.3, 0.4) is 0 Å². The Hall–Kier alpha value is -0.570. The van der Waals surface area contributed by atoms with Gasteiger partial charge in [-0.2, -0.15) is 0 Å². The summed E-state index contributed by atoms with van der Waals surface area (Å²) >= 11 is 0. The van der Waals surface area contributed by atoms with Gasteiger partial charge in [0.1, 0.15) is 0 Å². The summed E-state index contributed by atoms with van der Waals surface area (Å²) in [6.07, 6.45) is 4.28. The fraction of sp³-hybridized carbons (Fsp3) is 0.889. The van der Waals surface area contributed by atoms with E-state index in [0.717, 1.165) is 13.0 Å². The zero-order valence-electron chi connectivity index (χ0n) is 8.22. The van der Waals surface area contributed by atoms with Gasteiger partial charge >= 0.3 is 0 Å². The third-order valence-electron chi connectivity index (χ3n) is 2.31. The van der Waals surface area contributed by atoms with E-state index in [1.54, 1.807) is 4.90 Å². The third-order valence-corrected chi connectivity index (χ3v) is 2.31. The number of carbonyl (C=O) groups excluding carboxylic acids is 1. The Balaban J connectivity index is 0.000000261. The van der Waals surface area contributed by atoms with Crippen molar-refractivity contribution in [3.63, 3.8) is 0 Å². The Labute approximate surface area is 74.4 Å². The molecule has 0 bridgehead atoms. The van der Waals surface area contributed by atoms with Crippen LogP contribution in [0.25, 0.3) is 0 Å². The molecule has 0 aromatic carbocycles. The Morgan fingerprint density at radius 3 is 2.33 bits per heavy atom. The average Bonchev–Trinajstić information content (AvgIpc) is 2.33. The molecule has 1 aliphatic heterocycles. The molecule has 1 fully saturated rings. The predicted molar refractivity (Wildman–Crippen MR) is 45.7 cm³/mol. The van der Waals surface area contributed by atoms with Gasteiger partial charge in [0.2, 0.25) is 0 Å². The Kier molecular flexibility index (Phi) is 5.72. The van der Waals surface area contributed by atoms with Crippen molar-refractivity contribution >= 4 is 5.97 Å². The summed E-state index contributed by atoms with van der Waals surface area (Å²) in [5.41, 5.74) is 0. The predicted octanol–water partition coefficient (Wildman–Crippen LogP) is -1.17. The molecular formula is C9H19NO2. The number of carboxylic acids is 1. The van der Waals surface area contributed by atoms with Gasteiger partial charge in [-0.3, -0.25) is 0 Å². The van der Waals surface area contributed by atoms with Crippen LogP contribution in [-0.4, -0.2) is 25.6 Å². The standard InChI is InChI=1S/C7H15N.C2H4O2/c1-3-7-5-4-6-8(7)2;1-2(3)4/h7H,3-6H2,1-2H3;1H3,(H,3,4). The molecule has 0 radical (unpaired) electrons. The quantitative estimate of drug-likeness (QED) is 0.543. The summed E-state index contributed by atoms with van der Waals surface area (Å²) in [7, 11) is 2.31. The first-order chi connectivity index (χ1) is 5.57. The highest BCUT2D eigenvalue weighted by molar-refractivity contribution is 5.60. The van der Waals surface area contributed by atoms with Crippen LogP contribution in [0.2, 0.25) is 0 Å². The monoisotopic (exact) mass is 173 g/mol. The lowest BCUT2D eigenvalue weighted by Gasteiger charge is -2.13. The summed E-state index contributed by atoms with van der Waals surface area (Å²) in [6.45, 7) is 4.66. The van der Waals surface area contributed by atoms with Crippen molar-refractivity contribution in [1.82, 2.24) is 0 Å². The summed E-state index contributed by atoms with van der Waals surface area (Å²) in [5, 5.41) is 8.89. The first-order valence-electron chi connectivity index (χ1n) is 4.57. The van der Waals surface area contributed by atoms with Crippen LogP contribution in [0.15, 0.2) is 0 Å².